The Balaban J connectivity index is 4.19. The molecule has 0 unspecified atom stereocenters. The van der Waals surface area contributed by atoms with Crippen molar-refractivity contribution in [2.24, 2.45) is 0 Å². The van der Waals surface area contributed by atoms with E-state index in [2.05, 4.69) is 30.7 Å². The van der Waals surface area contributed by atoms with E-state index < -0.39 is 0 Å². The standard InChI is InChI=1S/C21H31ClO3/c1-17(10-6-11-19(3)14-15-23)8-5-9-18(2)12-7-13-20(16-22)21(24)25-4/h9-10,13-15H,5-8,11-12,16H2,1-4H3/b17-10+,18-9+,19-14+,20-13+. The molecule has 0 N–H and O–H groups in total. The van der Waals surface area contributed by atoms with Gasteiger partial charge in [-0.05, 0) is 65.4 Å². The van der Waals surface area contributed by atoms with Crippen LogP contribution in [0, 0.1) is 0 Å². The largest absolute Gasteiger partial charge is 0.466 e. The number of carbonyl (C=O) groups is 2. The molecule has 0 amide bonds. The van der Waals surface area contributed by atoms with Gasteiger partial charge < -0.3 is 4.74 Å². The fourth-order valence-electron chi connectivity index (χ4n) is 2.29. The van der Waals surface area contributed by atoms with Gasteiger partial charge in [0.05, 0.1) is 13.0 Å². The van der Waals surface area contributed by atoms with Crippen molar-refractivity contribution in [2.75, 3.05) is 13.0 Å². The van der Waals surface area contributed by atoms with Gasteiger partial charge >= 0.3 is 5.97 Å². The second-order valence-electron chi connectivity index (χ2n) is 6.22. The smallest absolute Gasteiger partial charge is 0.334 e. The molecule has 0 radical (unpaired) electrons. The summed E-state index contributed by atoms with van der Waals surface area (Å²) in [4.78, 5) is 21.8. The zero-order valence-corrected chi connectivity index (χ0v) is 16.7. The Labute approximate surface area is 157 Å². The first-order chi connectivity index (χ1) is 11.9. The van der Waals surface area contributed by atoms with Crippen LogP contribution in [-0.2, 0) is 14.3 Å². The molecule has 0 aromatic carbocycles. The monoisotopic (exact) mass is 366 g/mol. The molecule has 3 nitrogen and oxygen atoms in total. The summed E-state index contributed by atoms with van der Waals surface area (Å²) in [5.41, 5.74) is 4.33. The van der Waals surface area contributed by atoms with Gasteiger partial charge in [-0.2, -0.15) is 0 Å². The first-order valence-electron chi connectivity index (χ1n) is 8.70. The molecule has 0 aliphatic carbocycles. The Hall–Kier alpha value is -1.61. The summed E-state index contributed by atoms with van der Waals surface area (Å²) in [6, 6.07) is 0. The van der Waals surface area contributed by atoms with E-state index in [1.54, 1.807) is 6.08 Å². The van der Waals surface area contributed by atoms with E-state index in [4.69, 9.17) is 11.6 Å². The van der Waals surface area contributed by atoms with E-state index in [9.17, 15) is 9.59 Å². The fourth-order valence-corrected chi connectivity index (χ4v) is 2.51. The molecule has 0 spiro atoms. The van der Waals surface area contributed by atoms with Gasteiger partial charge in [0.25, 0.3) is 0 Å². The molecule has 0 saturated heterocycles. The first kappa shape index (κ1) is 23.4. The lowest BCUT2D eigenvalue weighted by Gasteiger charge is -2.03. The van der Waals surface area contributed by atoms with E-state index in [1.807, 2.05) is 13.0 Å². The molecule has 0 aliphatic heterocycles. The van der Waals surface area contributed by atoms with Gasteiger partial charge in [-0.3, -0.25) is 4.79 Å². The number of esters is 1. The Morgan fingerprint density at radius 3 is 1.80 bits per heavy atom. The van der Waals surface area contributed by atoms with Gasteiger partial charge in [0, 0.05) is 5.57 Å². The molecule has 0 fully saturated rings. The zero-order chi connectivity index (χ0) is 19.1. The minimum absolute atomic E-state index is 0.181. The van der Waals surface area contributed by atoms with Crippen LogP contribution in [0.15, 0.2) is 46.6 Å². The molecular weight excluding hydrogens is 336 g/mol. The number of carbonyl (C=O) groups excluding carboxylic acids is 2. The molecule has 0 aliphatic rings. The van der Waals surface area contributed by atoms with Gasteiger partial charge in [-0.15, -0.1) is 11.6 Å². The summed E-state index contributed by atoms with van der Waals surface area (Å²) in [6.07, 6.45) is 14.5. The topological polar surface area (TPSA) is 43.4 Å². The number of allylic oxidation sites excluding steroid dienone is 7. The lowest BCUT2D eigenvalue weighted by Crippen LogP contribution is -2.05. The lowest BCUT2D eigenvalue weighted by atomic mass is 10.0. The van der Waals surface area contributed by atoms with Crippen molar-refractivity contribution in [2.45, 2.75) is 59.3 Å². The van der Waals surface area contributed by atoms with Crippen LogP contribution in [-0.4, -0.2) is 25.2 Å². The molecule has 4 heteroatoms. The molecule has 0 aromatic rings. The van der Waals surface area contributed by atoms with Crippen LogP contribution in [0.2, 0.25) is 0 Å². The lowest BCUT2D eigenvalue weighted by molar-refractivity contribution is -0.136. The molecule has 0 atom stereocenters. The van der Waals surface area contributed by atoms with Crippen LogP contribution < -0.4 is 0 Å². The van der Waals surface area contributed by atoms with E-state index >= 15 is 0 Å². The van der Waals surface area contributed by atoms with E-state index in [0.717, 1.165) is 50.4 Å². The Morgan fingerprint density at radius 1 is 0.880 bits per heavy atom. The quantitative estimate of drug-likeness (QED) is 0.146. The van der Waals surface area contributed by atoms with E-state index in [1.165, 1.54) is 18.3 Å². The Morgan fingerprint density at radius 2 is 1.36 bits per heavy atom. The maximum absolute atomic E-state index is 11.4. The SMILES string of the molecule is COC(=O)/C(=C/CC/C(C)=C/CC/C(C)=C/CC/C(C)=C/C=O)CCl. The van der Waals surface area contributed by atoms with Crippen molar-refractivity contribution in [1.82, 2.24) is 0 Å². The normalized spacial score (nSPS) is 13.8. The van der Waals surface area contributed by atoms with Gasteiger partial charge in [0.15, 0.2) is 0 Å². The van der Waals surface area contributed by atoms with Crippen LogP contribution >= 0.6 is 11.6 Å². The van der Waals surface area contributed by atoms with Crippen LogP contribution in [0.5, 0.6) is 0 Å². The molecule has 0 rings (SSSR count). The number of ether oxygens (including phenoxy) is 1. The summed E-state index contributed by atoms with van der Waals surface area (Å²) in [6.45, 7) is 6.24. The number of halogens is 1. The number of aldehydes is 1. The molecule has 0 aromatic heterocycles. The highest BCUT2D eigenvalue weighted by Gasteiger charge is 2.06. The highest BCUT2D eigenvalue weighted by molar-refractivity contribution is 6.22. The van der Waals surface area contributed by atoms with Crippen molar-refractivity contribution in [3.05, 3.63) is 46.6 Å². The molecule has 0 heterocycles. The predicted molar refractivity (Wildman–Crippen MR) is 106 cm³/mol. The maximum Gasteiger partial charge on any atom is 0.334 e. The third kappa shape index (κ3) is 12.4. The van der Waals surface area contributed by atoms with Crippen molar-refractivity contribution in [3.8, 4) is 0 Å². The van der Waals surface area contributed by atoms with Gasteiger partial charge in [-0.25, -0.2) is 4.79 Å². The molecule has 140 valence electrons. The predicted octanol–water partition coefficient (Wildman–Crippen LogP) is 5.70. The van der Waals surface area contributed by atoms with Crippen LogP contribution in [0.1, 0.15) is 59.3 Å². The van der Waals surface area contributed by atoms with Crippen molar-refractivity contribution < 1.29 is 14.3 Å². The summed E-state index contributed by atoms with van der Waals surface area (Å²) in [7, 11) is 1.36. The molecule has 25 heavy (non-hydrogen) atoms. The summed E-state index contributed by atoms with van der Waals surface area (Å²) < 4.78 is 4.68. The molecule has 0 bridgehead atoms. The van der Waals surface area contributed by atoms with E-state index in [-0.39, 0.29) is 11.8 Å². The third-order valence-corrected chi connectivity index (χ3v) is 4.22. The second-order valence-corrected chi connectivity index (χ2v) is 6.49. The zero-order valence-electron chi connectivity index (χ0n) is 15.9. The average Bonchev–Trinajstić information content (AvgIpc) is 2.58. The summed E-state index contributed by atoms with van der Waals surface area (Å²) >= 11 is 5.74. The summed E-state index contributed by atoms with van der Waals surface area (Å²) in [5.74, 6) is -0.170. The Bertz CT molecular complexity index is 539. The Kier molecular flexibility index (Phi) is 13.8. The van der Waals surface area contributed by atoms with Gasteiger partial charge in [0.2, 0.25) is 0 Å². The number of hydrogen-bond acceptors (Lipinski definition) is 3. The second kappa shape index (κ2) is 14.7. The number of methoxy groups -OCH3 is 1. The van der Waals surface area contributed by atoms with Crippen LogP contribution in [0.25, 0.3) is 0 Å². The number of alkyl halides is 1. The van der Waals surface area contributed by atoms with Crippen LogP contribution in [0.3, 0.4) is 0 Å². The fraction of sp³-hybridized carbons (Fsp3) is 0.524. The van der Waals surface area contributed by atoms with Gasteiger partial charge in [0.1, 0.15) is 6.29 Å². The van der Waals surface area contributed by atoms with Crippen molar-refractivity contribution in [3.63, 3.8) is 0 Å². The van der Waals surface area contributed by atoms with Crippen LogP contribution in [0.4, 0.5) is 0 Å². The van der Waals surface area contributed by atoms with Crippen molar-refractivity contribution >= 4 is 23.9 Å². The molecule has 0 saturated carbocycles. The first-order valence-corrected chi connectivity index (χ1v) is 9.23. The highest BCUT2D eigenvalue weighted by Crippen LogP contribution is 2.14. The van der Waals surface area contributed by atoms with Gasteiger partial charge in [-0.1, -0.05) is 34.9 Å². The highest BCUT2D eigenvalue weighted by atomic mass is 35.5. The van der Waals surface area contributed by atoms with E-state index in [0.29, 0.717) is 5.57 Å². The molecular formula is C21H31ClO3. The minimum Gasteiger partial charge on any atom is -0.466 e. The van der Waals surface area contributed by atoms with Crippen molar-refractivity contribution in [1.29, 1.82) is 0 Å². The summed E-state index contributed by atoms with van der Waals surface area (Å²) in [5, 5.41) is 0. The number of hydrogen-bond donors (Lipinski definition) is 0. The average molecular weight is 367 g/mol. The third-order valence-electron chi connectivity index (χ3n) is 3.94. The number of rotatable bonds is 12. The maximum atomic E-state index is 11.4. The minimum atomic E-state index is -0.351.